The predicted molar refractivity (Wildman–Crippen MR) is 81.0 cm³/mol. The van der Waals surface area contributed by atoms with Gasteiger partial charge in [0, 0.05) is 11.5 Å². The molecule has 21 heavy (non-hydrogen) atoms. The van der Waals surface area contributed by atoms with Gasteiger partial charge in [-0.2, -0.15) is 0 Å². The highest BCUT2D eigenvalue weighted by molar-refractivity contribution is 5.67. The van der Waals surface area contributed by atoms with Crippen LogP contribution in [0.25, 0.3) is 0 Å². The largest absolute Gasteiger partial charge is 0.337 e. The zero-order valence-electron chi connectivity index (χ0n) is 12.1. The summed E-state index contributed by atoms with van der Waals surface area (Å²) in [6.45, 7) is 3.70. The summed E-state index contributed by atoms with van der Waals surface area (Å²) in [5.74, 6) is 7.52. The molecule has 0 radical (unpaired) electrons. The van der Waals surface area contributed by atoms with Gasteiger partial charge in [-0.3, -0.25) is 0 Å². The summed E-state index contributed by atoms with van der Waals surface area (Å²) in [5, 5.41) is 3.08. The van der Waals surface area contributed by atoms with Gasteiger partial charge in [-0.1, -0.05) is 12.1 Å². The fraction of sp³-hybridized carbons (Fsp3) is 0.333. The number of nitrogens with zero attached hydrogens (tertiary/aromatic N) is 2. The number of para-hydroxylation sites is 1. The van der Waals surface area contributed by atoms with Crippen LogP contribution in [0, 0.1) is 19.7 Å². The zero-order valence-corrected chi connectivity index (χ0v) is 12.1. The molecule has 3 rings (SSSR count). The molecular formula is C15H18FN5. The average molecular weight is 287 g/mol. The van der Waals surface area contributed by atoms with Crippen molar-refractivity contribution < 1.29 is 4.39 Å². The molecule has 0 saturated heterocycles. The SMILES string of the molecule is Cc1cccc(F)c1Nc1nc(C2CC2)nc(NN)c1C. The molecule has 1 heterocycles. The molecule has 5 nitrogen and oxygen atoms in total. The Hall–Kier alpha value is -2.21. The third-order valence-corrected chi connectivity index (χ3v) is 3.71. The Morgan fingerprint density at radius 1 is 1.19 bits per heavy atom. The first kappa shape index (κ1) is 13.8. The molecule has 6 heteroatoms. The Morgan fingerprint density at radius 2 is 1.90 bits per heavy atom. The lowest BCUT2D eigenvalue weighted by atomic mass is 10.2. The lowest BCUT2D eigenvalue weighted by Gasteiger charge is -2.15. The average Bonchev–Trinajstić information content (AvgIpc) is 3.29. The van der Waals surface area contributed by atoms with E-state index >= 15 is 0 Å². The molecule has 0 bridgehead atoms. The standard InChI is InChI=1S/C15H18FN5/c1-8-4-3-5-11(16)12(8)18-13-9(2)14(21-17)20-15(19-13)10-6-7-10/h3-5,10H,6-7,17H2,1-2H3,(H2,18,19,20,21). The van der Waals surface area contributed by atoms with Crippen molar-refractivity contribution in [2.24, 2.45) is 5.84 Å². The molecule has 2 aromatic rings. The van der Waals surface area contributed by atoms with E-state index in [0.29, 0.717) is 23.2 Å². The molecule has 4 N–H and O–H groups in total. The van der Waals surface area contributed by atoms with E-state index in [9.17, 15) is 4.39 Å². The lowest BCUT2D eigenvalue weighted by Crippen LogP contribution is -2.14. The maximum Gasteiger partial charge on any atom is 0.148 e. The maximum atomic E-state index is 14.0. The zero-order chi connectivity index (χ0) is 15.0. The van der Waals surface area contributed by atoms with Gasteiger partial charge in [-0.25, -0.2) is 20.2 Å². The van der Waals surface area contributed by atoms with E-state index in [1.165, 1.54) is 6.07 Å². The molecule has 0 atom stereocenters. The number of aromatic nitrogens is 2. The van der Waals surface area contributed by atoms with Gasteiger partial charge in [0.2, 0.25) is 0 Å². The van der Waals surface area contributed by atoms with Gasteiger partial charge in [-0.15, -0.1) is 0 Å². The van der Waals surface area contributed by atoms with E-state index < -0.39 is 0 Å². The fourth-order valence-corrected chi connectivity index (χ4v) is 2.23. The molecule has 0 amide bonds. The molecule has 1 aliphatic rings. The first-order valence-electron chi connectivity index (χ1n) is 6.97. The normalized spacial score (nSPS) is 14.1. The smallest absolute Gasteiger partial charge is 0.148 e. The van der Waals surface area contributed by atoms with Crippen LogP contribution in [0.15, 0.2) is 18.2 Å². The highest BCUT2D eigenvalue weighted by Gasteiger charge is 2.28. The second-order valence-electron chi connectivity index (χ2n) is 5.38. The van der Waals surface area contributed by atoms with E-state index in [0.717, 1.165) is 29.8 Å². The summed E-state index contributed by atoms with van der Waals surface area (Å²) in [6.07, 6.45) is 2.18. The minimum atomic E-state index is -0.303. The van der Waals surface area contributed by atoms with Crippen LogP contribution in [-0.2, 0) is 0 Å². The second kappa shape index (κ2) is 5.29. The highest BCUT2D eigenvalue weighted by atomic mass is 19.1. The number of nitrogens with two attached hydrogens (primary N) is 1. The van der Waals surface area contributed by atoms with Crippen LogP contribution >= 0.6 is 0 Å². The van der Waals surface area contributed by atoms with Gasteiger partial charge >= 0.3 is 0 Å². The molecule has 110 valence electrons. The van der Waals surface area contributed by atoms with Crippen molar-refractivity contribution >= 4 is 17.3 Å². The molecular weight excluding hydrogens is 269 g/mol. The van der Waals surface area contributed by atoms with Crippen LogP contribution in [0.4, 0.5) is 21.7 Å². The van der Waals surface area contributed by atoms with Crippen molar-refractivity contribution in [3.8, 4) is 0 Å². The Morgan fingerprint density at radius 3 is 2.52 bits per heavy atom. The van der Waals surface area contributed by atoms with E-state index in [1.807, 2.05) is 19.9 Å². The molecule has 0 unspecified atom stereocenters. The quantitative estimate of drug-likeness (QED) is 0.595. The van der Waals surface area contributed by atoms with Gasteiger partial charge < -0.3 is 10.7 Å². The van der Waals surface area contributed by atoms with E-state index in [-0.39, 0.29) is 5.82 Å². The minimum absolute atomic E-state index is 0.303. The van der Waals surface area contributed by atoms with Crippen molar-refractivity contribution in [1.29, 1.82) is 0 Å². The number of halogens is 1. The molecule has 0 spiro atoms. The maximum absolute atomic E-state index is 14.0. The number of rotatable bonds is 4. The summed E-state index contributed by atoms with van der Waals surface area (Å²) >= 11 is 0. The summed E-state index contributed by atoms with van der Waals surface area (Å²) in [5.41, 5.74) is 4.61. The number of nitrogen functional groups attached to an aromatic ring is 1. The topological polar surface area (TPSA) is 75.9 Å². The van der Waals surface area contributed by atoms with Crippen molar-refractivity contribution in [2.75, 3.05) is 10.7 Å². The van der Waals surface area contributed by atoms with Crippen molar-refractivity contribution in [3.05, 3.63) is 41.0 Å². The first-order chi connectivity index (χ1) is 10.1. The number of anilines is 3. The third-order valence-electron chi connectivity index (χ3n) is 3.71. The third kappa shape index (κ3) is 2.67. The van der Waals surface area contributed by atoms with Crippen LogP contribution in [0.3, 0.4) is 0 Å². The van der Waals surface area contributed by atoms with Crippen molar-refractivity contribution in [2.45, 2.75) is 32.6 Å². The van der Waals surface area contributed by atoms with E-state index in [2.05, 4.69) is 20.7 Å². The Bertz CT molecular complexity index is 662. The van der Waals surface area contributed by atoms with Crippen LogP contribution in [0.2, 0.25) is 0 Å². The van der Waals surface area contributed by atoms with Gasteiger partial charge in [0.15, 0.2) is 0 Å². The monoisotopic (exact) mass is 287 g/mol. The summed E-state index contributed by atoms with van der Waals surface area (Å²) < 4.78 is 14.0. The lowest BCUT2D eigenvalue weighted by molar-refractivity contribution is 0.630. The van der Waals surface area contributed by atoms with Crippen LogP contribution in [-0.4, -0.2) is 9.97 Å². The summed E-state index contributed by atoms with van der Waals surface area (Å²) in [6, 6.07) is 4.97. The van der Waals surface area contributed by atoms with Gasteiger partial charge in [0.05, 0.1) is 5.69 Å². The molecule has 1 aliphatic carbocycles. The minimum Gasteiger partial charge on any atom is -0.337 e. The molecule has 0 aliphatic heterocycles. The fourth-order valence-electron chi connectivity index (χ4n) is 2.23. The van der Waals surface area contributed by atoms with Crippen molar-refractivity contribution in [3.63, 3.8) is 0 Å². The molecule has 1 saturated carbocycles. The Balaban J connectivity index is 2.03. The Labute approximate surface area is 122 Å². The number of hydrogen-bond donors (Lipinski definition) is 3. The van der Waals surface area contributed by atoms with Crippen LogP contribution < -0.4 is 16.6 Å². The van der Waals surface area contributed by atoms with Gasteiger partial charge in [0.25, 0.3) is 0 Å². The number of hydrogen-bond acceptors (Lipinski definition) is 5. The number of hydrazine groups is 1. The molecule has 1 fully saturated rings. The molecule has 1 aromatic carbocycles. The first-order valence-corrected chi connectivity index (χ1v) is 6.97. The van der Waals surface area contributed by atoms with Crippen LogP contribution in [0.1, 0.15) is 35.7 Å². The van der Waals surface area contributed by atoms with E-state index in [1.54, 1.807) is 6.07 Å². The number of benzene rings is 1. The van der Waals surface area contributed by atoms with E-state index in [4.69, 9.17) is 5.84 Å². The summed E-state index contributed by atoms with van der Waals surface area (Å²) in [7, 11) is 0. The van der Waals surface area contributed by atoms with Gasteiger partial charge in [0.1, 0.15) is 23.3 Å². The highest BCUT2D eigenvalue weighted by Crippen LogP contribution is 2.40. The second-order valence-corrected chi connectivity index (χ2v) is 5.38. The molecule has 1 aromatic heterocycles. The van der Waals surface area contributed by atoms with Crippen LogP contribution in [0.5, 0.6) is 0 Å². The van der Waals surface area contributed by atoms with Gasteiger partial charge in [-0.05, 0) is 38.3 Å². The number of aryl methyl sites for hydroxylation is 1. The Kier molecular flexibility index (Phi) is 3.47. The predicted octanol–water partition coefficient (Wildman–Crippen LogP) is 3.14. The van der Waals surface area contributed by atoms with Crippen molar-refractivity contribution in [1.82, 2.24) is 9.97 Å². The summed E-state index contributed by atoms with van der Waals surface area (Å²) in [4.78, 5) is 8.95. The number of nitrogens with one attached hydrogen (secondary N) is 2.